The maximum absolute atomic E-state index is 10.4. The first-order valence-corrected chi connectivity index (χ1v) is 3.30. The lowest BCUT2D eigenvalue weighted by atomic mass is 10.1. The van der Waals surface area contributed by atoms with Gasteiger partial charge in [-0.3, -0.25) is 0 Å². The van der Waals surface area contributed by atoms with E-state index in [9.17, 15) is 4.79 Å². The Bertz CT molecular complexity index is 280. The highest BCUT2D eigenvalue weighted by atomic mass is 16.4. The summed E-state index contributed by atoms with van der Waals surface area (Å²) in [5, 5.41) is 25.8. The van der Waals surface area contributed by atoms with Crippen molar-refractivity contribution < 1.29 is 19.9 Å². The van der Waals surface area contributed by atoms with Gasteiger partial charge in [-0.1, -0.05) is 12.1 Å². The summed E-state index contributed by atoms with van der Waals surface area (Å²) in [6, 6.07) is 5.34. The molecule has 0 aliphatic carbocycles. The van der Waals surface area contributed by atoms with E-state index in [1.807, 2.05) is 0 Å². The molecule has 0 saturated carbocycles. The van der Waals surface area contributed by atoms with Crippen LogP contribution in [0.4, 0.5) is 0 Å². The van der Waals surface area contributed by atoms with Gasteiger partial charge >= 0.3 is 13.1 Å². The molecule has 0 fully saturated rings. The largest absolute Gasteiger partial charge is 0.488 e. The molecule has 0 aliphatic rings. The standard InChI is InChI=1S/C7H7BO4/c9-7(10)5-1-3-6(4-2-5)8(11)12/h1-4,11-12H,(H,9,10)/i1+1,2+1,3+1,4+1,5+1,6+1. The average Bonchev–Trinajstić information content (AvgIpc) is 2.04. The predicted molar refractivity (Wildman–Crippen MR) is 43.2 cm³/mol. The fourth-order valence-electron chi connectivity index (χ4n) is 0.798. The van der Waals surface area contributed by atoms with Crippen molar-refractivity contribution in [2.24, 2.45) is 0 Å². The summed E-state index contributed by atoms with van der Waals surface area (Å²) in [6.07, 6.45) is 0. The van der Waals surface area contributed by atoms with Crippen LogP contribution in [0.1, 0.15) is 10.4 Å². The topological polar surface area (TPSA) is 77.8 Å². The second-order valence-corrected chi connectivity index (χ2v) is 2.30. The maximum atomic E-state index is 10.4. The van der Waals surface area contributed by atoms with Crippen molar-refractivity contribution in [2.45, 2.75) is 0 Å². The lowest BCUT2D eigenvalue weighted by Crippen LogP contribution is -2.29. The third-order valence-corrected chi connectivity index (χ3v) is 1.46. The summed E-state index contributed by atoms with van der Waals surface area (Å²) in [4.78, 5) is 10.4. The molecule has 0 spiro atoms. The van der Waals surface area contributed by atoms with Gasteiger partial charge in [0.05, 0.1) is 5.56 Å². The molecule has 62 valence electrons. The van der Waals surface area contributed by atoms with Crippen molar-refractivity contribution in [3.8, 4) is 0 Å². The van der Waals surface area contributed by atoms with Crippen LogP contribution in [0.15, 0.2) is 24.3 Å². The van der Waals surface area contributed by atoms with E-state index in [-0.39, 0.29) is 11.0 Å². The van der Waals surface area contributed by atoms with E-state index in [1.165, 1.54) is 24.3 Å². The molecular weight excluding hydrogens is 165 g/mol. The highest BCUT2D eigenvalue weighted by Gasteiger charge is 2.10. The molecule has 1 rings (SSSR count). The Balaban J connectivity index is 2.93. The van der Waals surface area contributed by atoms with Crippen molar-refractivity contribution >= 4 is 18.6 Å². The number of carboxylic acid groups (broad SMARTS) is 1. The summed E-state index contributed by atoms with van der Waals surface area (Å²) >= 11 is 0. The lowest BCUT2D eigenvalue weighted by molar-refractivity contribution is 0.0697. The number of benzene rings is 1. The van der Waals surface area contributed by atoms with Crippen LogP contribution in [0, 0.1) is 0 Å². The molecule has 0 saturated heterocycles. The zero-order valence-electron chi connectivity index (χ0n) is 6.14. The molecule has 0 bridgehead atoms. The van der Waals surface area contributed by atoms with Gasteiger partial charge in [-0.05, 0) is 17.6 Å². The van der Waals surface area contributed by atoms with Crippen LogP contribution in [0.3, 0.4) is 0 Å². The van der Waals surface area contributed by atoms with Crippen molar-refractivity contribution in [3.63, 3.8) is 0 Å². The fourth-order valence-corrected chi connectivity index (χ4v) is 0.798. The molecule has 0 aromatic heterocycles. The number of carbonyl (C=O) groups is 1. The smallest absolute Gasteiger partial charge is 0.478 e. The molecule has 1 aromatic carbocycles. The van der Waals surface area contributed by atoms with Crippen molar-refractivity contribution in [1.29, 1.82) is 0 Å². The Morgan fingerprint density at radius 2 is 1.67 bits per heavy atom. The Morgan fingerprint density at radius 1 is 1.17 bits per heavy atom. The number of hydrogen-bond donors (Lipinski definition) is 3. The second-order valence-electron chi connectivity index (χ2n) is 2.30. The molecule has 3 N–H and O–H groups in total. The minimum Gasteiger partial charge on any atom is -0.478 e. The van der Waals surface area contributed by atoms with Gasteiger partial charge in [-0.2, -0.15) is 0 Å². The van der Waals surface area contributed by atoms with E-state index in [1.54, 1.807) is 0 Å². The molecule has 5 heteroatoms. The first-order chi connectivity index (χ1) is 5.61. The molecule has 12 heavy (non-hydrogen) atoms. The van der Waals surface area contributed by atoms with Gasteiger partial charge in [0.25, 0.3) is 0 Å². The van der Waals surface area contributed by atoms with E-state index in [2.05, 4.69) is 0 Å². The third kappa shape index (κ3) is 1.84. The van der Waals surface area contributed by atoms with E-state index >= 15 is 0 Å². The summed E-state index contributed by atoms with van der Waals surface area (Å²) in [5.74, 6) is -1.03. The number of hydrogen-bond acceptors (Lipinski definition) is 3. The van der Waals surface area contributed by atoms with Crippen LogP contribution in [0.2, 0.25) is 0 Å². The average molecular weight is 172 g/mol. The maximum Gasteiger partial charge on any atom is 0.488 e. The summed E-state index contributed by atoms with van der Waals surface area (Å²) in [6.45, 7) is 0. The number of rotatable bonds is 2. The van der Waals surface area contributed by atoms with Gasteiger partial charge in [-0.15, -0.1) is 0 Å². The highest BCUT2D eigenvalue weighted by Crippen LogP contribution is 1.96. The summed E-state index contributed by atoms with van der Waals surface area (Å²) in [5.41, 5.74) is 0.402. The van der Waals surface area contributed by atoms with Crippen LogP contribution in [-0.4, -0.2) is 28.2 Å². The SMILES string of the molecule is O=C(O)[13c]1[13cH][13cH][13c](B(O)O)[13cH][13cH]1. The molecule has 0 atom stereocenters. The highest BCUT2D eigenvalue weighted by molar-refractivity contribution is 6.58. The van der Waals surface area contributed by atoms with Crippen LogP contribution in [0.25, 0.3) is 0 Å². The molecule has 0 unspecified atom stereocenters. The molecule has 0 amide bonds. The molecule has 0 heterocycles. The van der Waals surface area contributed by atoms with Crippen LogP contribution in [0.5, 0.6) is 0 Å². The van der Waals surface area contributed by atoms with Crippen molar-refractivity contribution in [1.82, 2.24) is 0 Å². The minimum absolute atomic E-state index is 0.124. The van der Waals surface area contributed by atoms with Gasteiger partial charge in [0.2, 0.25) is 0 Å². The van der Waals surface area contributed by atoms with Gasteiger partial charge in [0.15, 0.2) is 0 Å². The molecule has 0 radical (unpaired) electrons. The zero-order valence-corrected chi connectivity index (χ0v) is 6.14. The normalized spacial score (nSPS) is 9.50. The molecular formula is C7H7BO4. The number of aromatic carboxylic acids is 1. The predicted octanol–water partition coefficient (Wildman–Crippen LogP) is -0.935. The fraction of sp³-hybridized carbons (Fsp3) is 0. The summed E-state index contributed by atoms with van der Waals surface area (Å²) in [7, 11) is -1.55. The van der Waals surface area contributed by atoms with Crippen LogP contribution >= 0.6 is 0 Å². The second kappa shape index (κ2) is 3.38. The number of carboxylic acids is 1. The zero-order chi connectivity index (χ0) is 9.14. The minimum atomic E-state index is -1.55. The van der Waals surface area contributed by atoms with Gasteiger partial charge in [0.1, 0.15) is 0 Å². The quantitative estimate of drug-likeness (QED) is 0.503. The molecule has 0 aliphatic heterocycles. The van der Waals surface area contributed by atoms with Crippen molar-refractivity contribution in [2.75, 3.05) is 0 Å². The monoisotopic (exact) mass is 172 g/mol. The molecule has 4 nitrogen and oxygen atoms in total. The van der Waals surface area contributed by atoms with Crippen LogP contribution in [-0.2, 0) is 0 Å². The van der Waals surface area contributed by atoms with E-state index < -0.39 is 13.1 Å². The summed E-state index contributed by atoms with van der Waals surface area (Å²) < 4.78 is 0. The van der Waals surface area contributed by atoms with Crippen LogP contribution < -0.4 is 5.46 Å². The Morgan fingerprint density at radius 3 is 2.00 bits per heavy atom. The lowest BCUT2D eigenvalue weighted by Gasteiger charge is -1.98. The first-order valence-electron chi connectivity index (χ1n) is 3.30. The van der Waals surface area contributed by atoms with Gasteiger partial charge in [-0.25, -0.2) is 4.79 Å². The van der Waals surface area contributed by atoms with E-state index in [4.69, 9.17) is 15.2 Å². The molecule has 1 aromatic rings. The van der Waals surface area contributed by atoms with Gasteiger partial charge < -0.3 is 15.2 Å². The van der Waals surface area contributed by atoms with Crippen molar-refractivity contribution in [3.05, 3.63) is 29.8 Å². The van der Waals surface area contributed by atoms with E-state index in [0.29, 0.717) is 0 Å². The first kappa shape index (κ1) is 8.77. The Hall–Kier alpha value is -1.33. The third-order valence-electron chi connectivity index (χ3n) is 1.46. The Kier molecular flexibility index (Phi) is 2.47. The Labute approximate surface area is 69.2 Å². The van der Waals surface area contributed by atoms with Gasteiger partial charge in [0, 0.05) is 0 Å². The van der Waals surface area contributed by atoms with E-state index in [0.717, 1.165) is 0 Å².